The second-order valence-electron chi connectivity index (χ2n) is 7.37. The van der Waals surface area contributed by atoms with Gasteiger partial charge in [-0.2, -0.15) is 0 Å². The van der Waals surface area contributed by atoms with Gasteiger partial charge in [-0.15, -0.1) is 0 Å². The van der Waals surface area contributed by atoms with E-state index in [0.29, 0.717) is 6.54 Å². The summed E-state index contributed by atoms with van der Waals surface area (Å²) in [6, 6.07) is 8.18. The lowest BCUT2D eigenvalue weighted by atomic mass is 9.99. The van der Waals surface area contributed by atoms with E-state index >= 15 is 0 Å². The van der Waals surface area contributed by atoms with Crippen molar-refractivity contribution in [3.63, 3.8) is 0 Å². The summed E-state index contributed by atoms with van der Waals surface area (Å²) in [4.78, 5) is 14.3. The Kier molecular flexibility index (Phi) is 5.46. The molecule has 0 aromatic heterocycles. The standard InChI is InChI=1S/C18H29N3O/c1-14-9-11-21(12-10-14)16-7-5-15(6-8-16)20-17(22)13-19-18(2,3)4/h5-8,14,19H,9-13H2,1-4H3,(H,20,22). The number of anilines is 2. The number of rotatable bonds is 4. The summed E-state index contributed by atoms with van der Waals surface area (Å²) in [7, 11) is 0. The van der Waals surface area contributed by atoms with E-state index in [-0.39, 0.29) is 11.4 Å². The maximum atomic E-state index is 11.9. The number of benzene rings is 1. The minimum Gasteiger partial charge on any atom is -0.372 e. The topological polar surface area (TPSA) is 44.4 Å². The lowest BCUT2D eigenvalue weighted by Gasteiger charge is -2.32. The second-order valence-corrected chi connectivity index (χ2v) is 7.37. The van der Waals surface area contributed by atoms with Crippen LogP contribution in [0.15, 0.2) is 24.3 Å². The predicted molar refractivity (Wildman–Crippen MR) is 93.4 cm³/mol. The fourth-order valence-corrected chi connectivity index (χ4v) is 2.57. The normalized spacial score (nSPS) is 16.6. The second kappa shape index (κ2) is 7.14. The first-order chi connectivity index (χ1) is 10.3. The third-order valence-electron chi connectivity index (χ3n) is 4.08. The molecule has 0 unspecified atom stereocenters. The molecule has 122 valence electrons. The van der Waals surface area contributed by atoms with E-state index in [2.05, 4.69) is 55.4 Å². The first-order valence-corrected chi connectivity index (χ1v) is 8.23. The van der Waals surface area contributed by atoms with Gasteiger partial charge in [0.25, 0.3) is 0 Å². The van der Waals surface area contributed by atoms with Crippen molar-refractivity contribution in [2.24, 2.45) is 5.92 Å². The third kappa shape index (κ3) is 5.34. The number of piperidine rings is 1. The molecule has 0 bridgehead atoms. The van der Waals surface area contributed by atoms with Crippen LogP contribution in [0.5, 0.6) is 0 Å². The van der Waals surface area contributed by atoms with E-state index in [4.69, 9.17) is 0 Å². The average molecular weight is 303 g/mol. The maximum Gasteiger partial charge on any atom is 0.238 e. The molecule has 2 rings (SSSR count). The van der Waals surface area contributed by atoms with E-state index in [0.717, 1.165) is 24.7 Å². The van der Waals surface area contributed by atoms with Gasteiger partial charge >= 0.3 is 0 Å². The smallest absolute Gasteiger partial charge is 0.238 e. The molecule has 1 heterocycles. The van der Waals surface area contributed by atoms with Crippen LogP contribution in [-0.4, -0.2) is 31.1 Å². The molecule has 0 radical (unpaired) electrons. The van der Waals surface area contributed by atoms with Crippen molar-refractivity contribution < 1.29 is 4.79 Å². The molecular formula is C18H29N3O. The van der Waals surface area contributed by atoms with E-state index in [1.807, 2.05) is 12.1 Å². The van der Waals surface area contributed by atoms with Crippen molar-refractivity contribution >= 4 is 17.3 Å². The third-order valence-corrected chi connectivity index (χ3v) is 4.08. The fraction of sp³-hybridized carbons (Fsp3) is 0.611. The van der Waals surface area contributed by atoms with E-state index in [9.17, 15) is 4.79 Å². The minimum atomic E-state index is -0.0490. The number of hydrogen-bond donors (Lipinski definition) is 2. The molecule has 0 aliphatic carbocycles. The molecule has 4 nitrogen and oxygen atoms in total. The zero-order valence-electron chi connectivity index (χ0n) is 14.3. The summed E-state index contributed by atoms with van der Waals surface area (Å²) < 4.78 is 0. The number of amides is 1. The quantitative estimate of drug-likeness (QED) is 0.897. The van der Waals surface area contributed by atoms with Crippen molar-refractivity contribution in [2.45, 2.75) is 46.1 Å². The van der Waals surface area contributed by atoms with E-state index in [1.165, 1.54) is 18.5 Å². The van der Waals surface area contributed by atoms with Crippen LogP contribution < -0.4 is 15.5 Å². The Hall–Kier alpha value is -1.55. The molecule has 4 heteroatoms. The summed E-state index contributed by atoms with van der Waals surface area (Å²) in [6.45, 7) is 11.1. The molecule has 0 saturated carbocycles. The van der Waals surface area contributed by atoms with Crippen molar-refractivity contribution in [1.29, 1.82) is 0 Å². The number of hydrogen-bond acceptors (Lipinski definition) is 3. The Morgan fingerprint density at radius 2 is 1.77 bits per heavy atom. The zero-order chi connectivity index (χ0) is 16.2. The van der Waals surface area contributed by atoms with Crippen LogP contribution in [0.4, 0.5) is 11.4 Å². The van der Waals surface area contributed by atoms with Gasteiger partial charge in [-0.25, -0.2) is 0 Å². The molecule has 1 amide bonds. The van der Waals surface area contributed by atoms with Crippen LogP contribution in [0.3, 0.4) is 0 Å². The van der Waals surface area contributed by atoms with Gasteiger partial charge in [0.2, 0.25) is 5.91 Å². The molecule has 0 atom stereocenters. The molecule has 0 spiro atoms. The number of nitrogens with zero attached hydrogens (tertiary/aromatic N) is 1. The number of carbonyl (C=O) groups excluding carboxylic acids is 1. The van der Waals surface area contributed by atoms with Gasteiger partial charge in [-0.05, 0) is 63.8 Å². The molecule has 22 heavy (non-hydrogen) atoms. The Balaban J connectivity index is 1.85. The van der Waals surface area contributed by atoms with Crippen molar-refractivity contribution in [2.75, 3.05) is 29.9 Å². The van der Waals surface area contributed by atoms with Crippen LogP contribution in [0.2, 0.25) is 0 Å². The lowest BCUT2D eigenvalue weighted by Crippen LogP contribution is -2.41. The molecule has 1 fully saturated rings. The highest BCUT2D eigenvalue weighted by Crippen LogP contribution is 2.24. The molecular weight excluding hydrogens is 274 g/mol. The predicted octanol–water partition coefficient (Wildman–Crippen LogP) is 3.25. The van der Waals surface area contributed by atoms with Gasteiger partial charge in [-0.3, -0.25) is 4.79 Å². The molecule has 1 aromatic rings. The SMILES string of the molecule is CC1CCN(c2ccc(NC(=O)CNC(C)(C)C)cc2)CC1. The number of carbonyl (C=O) groups is 1. The summed E-state index contributed by atoms with van der Waals surface area (Å²) in [6.07, 6.45) is 2.52. The largest absolute Gasteiger partial charge is 0.372 e. The van der Waals surface area contributed by atoms with Crippen LogP contribution in [-0.2, 0) is 4.79 Å². The summed E-state index contributed by atoms with van der Waals surface area (Å²) in [5, 5.41) is 6.12. The van der Waals surface area contributed by atoms with Crippen LogP contribution in [0.25, 0.3) is 0 Å². The first-order valence-electron chi connectivity index (χ1n) is 8.23. The van der Waals surface area contributed by atoms with Crippen LogP contribution in [0, 0.1) is 5.92 Å². The van der Waals surface area contributed by atoms with E-state index < -0.39 is 0 Å². The van der Waals surface area contributed by atoms with Gasteiger partial charge in [0, 0.05) is 30.0 Å². The molecule has 1 aromatic carbocycles. The minimum absolute atomic E-state index is 0.00512. The summed E-state index contributed by atoms with van der Waals surface area (Å²) in [5.41, 5.74) is 2.06. The highest BCUT2D eigenvalue weighted by atomic mass is 16.1. The molecule has 1 aliphatic heterocycles. The lowest BCUT2D eigenvalue weighted by molar-refractivity contribution is -0.115. The molecule has 2 N–H and O–H groups in total. The van der Waals surface area contributed by atoms with Gasteiger partial charge in [-0.1, -0.05) is 6.92 Å². The highest BCUT2D eigenvalue weighted by Gasteiger charge is 2.16. The monoisotopic (exact) mass is 303 g/mol. The van der Waals surface area contributed by atoms with Crippen molar-refractivity contribution in [1.82, 2.24) is 5.32 Å². The maximum absolute atomic E-state index is 11.9. The Bertz CT molecular complexity index is 482. The van der Waals surface area contributed by atoms with Crippen LogP contribution in [0.1, 0.15) is 40.5 Å². The Labute approximate surface area is 134 Å². The van der Waals surface area contributed by atoms with Crippen molar-refractivity contribution in [3.05, 3.63) is 24.3 Å². The van der Waals surface area contributed by atoms with E-state index in [1.54, 1.807) is 0 Å². The zero-order valence-corrected chi connectivity index (χ0v) is 14.3. The molecule has 1 aliphatic rings. The average Bonchev–Trinajstić information content (AvgIpc) is 2.46. The van der Waals surface area contributed by atoms with Gasteiger partial charge in [0.05, 0.1) is 6.54 Å². The summed E-state index contributed by atoms with van der Waals surface area (Å²) in [5.74, 6) is 0.833. The van der Waals surface area contributed by atoms with Gasteiger partial charge in [0.1, 0.15) is 0 Å². The highest BCUT2D eigenvalue weighted by molar-refractivity contribution is 5.92. The molecule has 1 saturated heterocycles. The van der Waals surface area contributed by atoms with Gasteiger partial charge < -0.3 is 15.5 Å². The number of nitrogens with one attached hydrogen (secondary N) is 2. The fourth-order valence-electron chi connectivity index (χ4n) is 2.57. The first kappa shape index (κ1) is 16.8. The van der Waals surface area contributed by atoms with Gasteiger partial charge in [0.15, 0.2) is 0 Å². The van der Waals surface area contributed by atoms with Crippen LogP contribution >= 0.6 is 0 Å². The Morgan fingerprint density at radius 1 is 1.18 bits per heavy atom. The Morgan fingerprint density at radius 3 is 2.32 bits per heavy atom. The van der Waals surface area contributed by atoms with Crippen molar-refractivity contribution in [3.8, 4) is 0 Å². The summed E-state index contributed by atoms with van der Waals surface area (Å²) >= 11 is 0.